The van der Waals surface area contributed by atoms with Crippen molar-refractivity contribution in [1.29, 1.82) is 0 Å². The van der Waals surface area contributed by atoms with Crippen molar-refractivity contribution in [1.82, 2.24) is 4.90 Å². The van der Waals surface area contributed by atoms with E-state index in [1.54, 1.807) is 0 Å². The lowest BCUT2D eigenvalue weighted by Crippen LogP contribution is -2.42. The highest BCUT2D eigenvalue weighted by atomic mass is 79.9. The van der Waals surface area contributed by atoms with E-state index in [9.17, 15) is 0 Å². The van der Waals surface area contributed by atoms with Crippen molar-refractivity contribution in [3.63, 3.8) is 0 Å². The molecule has 0 aromatic carbocycles. The summed E-state index contributed by atoms with van der Waals surface area (Å²) in [5.41, 5.74) is 5.95. The van der Waals surface area contributed by atoms with Gasteiger partial charge < -0.3 is 5.73 Å². The van der Waals surface area contributed by atoms with Gasteiger partial charge >= 0.3 is 0 Å². The number of nitrogens with zero attached hydrogens (tertiary/aromatic N) is 1. The van der Waals surface area contributed by atoms with E-state index in [4.69, 9.17) is 5.73 Å². The summed E-state index contributed by atoms with van der Waals surface area (Å²) in [6, 6.07) is 4.86. The first-order valence-electron chi connectivity index (χ1n) is 5.91. The van der Waals surface area contributed by atoms with Crippen molar-refractivity contribution >= 4 is 27.3 Å². The Labute approximate surface area is 110 Å². The SMILES string of the molecule is CC(c1ccc(Br)s1)C(CN)N1CCCC1. The molecule has 2 heterocycles. The van der Waals surface area contributed by atoms with Crippen molar-refractivity contribution < 1.29 is 0 Å². The highest BCUT2D eigenvalue weighted by Gasteiger charge is 2.27. The van der Waals surface area contributed by atoms with E-state index in [0.29, 0.717) is 12.0 Å². The van der Waals surface area contributed by atoms with Crippen LogP contribution in [0.25, 0.3) is 0 Å². The highest BCUT2D eigenvalue weighted by molar-refractivity contribution is 9.11. The average Bonchev–Trinajstić information content (AvgIpc) is 2.90. The third kappa shape index (κ3) is 2.67. The topological polar surface area (TPSA) is 29.3 Å². The van der Waals surface area contributed by atoms with Crippen LogP contribution in [0.1, 0.15) is 30.6 Å². The van der Waals surface area contributed by atoms with Crippen molar-refractivity contribution in [3.8, 4) is 0 Å². The number of nitrogens with two attached hydrogens (primary N) is 1. The number of halogens is 1. The largest absolute Gasteiger partial charge is 0.329 e. The van der Waals surface area contributed by atoms with Gasteiger partial charge in [-0.25, -0.2) is 0 Å². The summed E-state index contributed by atoms with van der Waals surface area (Å²) in [6.07, 6.45) is 2.66. The minimum absolute atomic E-state index is 0.507. The van der Waals surface area contributed by atoms with E-state index < -0.39 is 0 Å². The van der Waals surface area contributed by atoms with Crippen LogP contribution in [0.2, 0.25) is 0 Å². The third-order valence-electron chi connectivity index (χ3n) is 3.47. The summed E-state index contributed by atoms with van der Waals surface area (Å²) in [7, 11) is 0. The Balaban J connectivity index is 2.08. The Morgan fingerprint density at radius 3 is 2.62 bits per heavy atom. The molecule has 2 rings (SSSR count). The molecule has 2 unspecified atom stereocenters. The summed E-state index contributed by atoms with van der Waals surface area (Å²) in [6.45, 7) is 5.50. The molecule has 1 aliphatic heterocycles. The average molecular weight is 303 g/mol. The van der Waals surface area contributed by atoms with Crippen LogP contribution in [0.3, 0.4) is 0 Å². The van der Waals surface area contributed by atoms with Gasteiger partial charge in [0, 0.05) is 23.4 Å². The number of hydrogen-bond donors (Lipinski definition) is 1. The van der Waals surface area contributed by atoms with Gasteiger partial charge in [0.1, 0.15) is 0 Å². The second-order valence-corrected chi connectivity index (χ2v) is 6.97. The standard InChI is InChI=1S/C12H19BrN2S/c1-9(11-4-5-12(13)16-11)10(8-14)15-6-2-3-7-15/h4-5,9-10H,2-3,6-8,14H2,1H3. The van der Waals surface area contributed by atoms with Gasteiger partial charge in [-0.05, 0) is 54.0 Å². The third-order valence-corrected chi connectivity index (χ3v) is 5.30. The molecule has 1 fully saturated rings. The van der Waals surface area contributed by atoms with E-state index in [1.807, 2.05) is 11.3 Å². The molecule has 16 heavy (non-hydrogen) atoms. The summed E-state index contributed by atoms with van der Waals surface area (Å²) in [4.78, 5) is 3.99. The number of likely N-dealkylation sites (tertiary alicyclic amines) is 1. The summed E-state index contributed by atoms with van der Waals surface area (Å²) in [5, 5.41) is 0. The fourth-order valence-electron chi connectivity index (χ4n) is 2.51. The molecule has 2 N–H and O–H groups in total. The number of hydrogen-bond acceptors (Lipinski definition) is 3. The quantitative estimate of drug-likeness (QED) is 0.926. The van der Waals surface area contributed by atoms with Gasteiger partial charge in [-0.2, -0.15) is 0 Å². The molecule has 0 radical (unpaired) electrons. The van der Waals surface area contributed by atoms with Crippen LogP contribution < -0.4 is 5.73 Å². The first kappa shape index (κ1) is 12.6. The van der Waals surface area contributed by atoms with Crippen LogP contribution >= 0.6 is 27.3 Å². The molecule has 4 heteroatoms. The van der Waals surface area contributed by atoms with Gasteiger partial charge in [-0.15, -0.1) is 11.3 Å². The minimum Gasteiger partial charge on any atom is -0.329 e. The molecule has 2 atom stereocenters. The first-order chi connectivity index (χ1) is 7.72. The van der Waals surface area contributed by atoms with Crippen molar-refractivity contribution in [2.24, 2.45) is 5.73 Å². The van der Waals surface area contributed by atoms with Crippen LogP contribution in [0.5, 0.6) is 0 Å². The van der Waals surface area contributed by atoms with Gasteiger partial charge in [0.15, 0.2) is 0 Å². The summed E-state index contributed by atoms with van der Waals surface area (Å²) < 4.78 is 1.21. The van der Waals surface area contributed by atoms with Crippen LogP contribution in [0, 0.1) is 0 Å². The van der Waals surface area contributed by atoms with Crippen LogP contribution in [0.15, 0.2) is 15.9 Å². The predicted octanol–water partition coefficient (Wildman–Crippen LogP) is 3.04. The minimum atomic E-state index is 0.507. The zero-order valence-corrected chi connectivity index (χ0v) is 12.1. The van der Waals surface area contributed by atoms with Gasteiger partial charge in [0.2, 0.25) is 0 Å². The molecule has 90 valence electrons. The van der Waals surface area contributed by atoms with Crippen molar-refractivity contribution in [2.45, 2.75) is 31.7 Å². The van der Waals surface area contributed by atoms with Crippen LogP contribution in [-0.2, 0) is 0 Å². The maximum absolute atomic E-state index is 5.95. The Kier molecular flexibility index (Phi) is 4.41. The predicted molar refractivity (Wildman–Crippen MR) is 74.1 cm³/mol. The van der Waals surface area contributed by atoms with E-state index in [1.165, 1.54) is 34.6 Å². The second kappa shape index (κ2) is 5.63. The lowest BCUT2D eigenvalue weighted by molar-refractivity contribution is 0.222. The normalized spacial score (nSPS) is 21.2. The van der Waals surface area contributed by atoms with E-state index in [0.717, 1.165) is 6.54 Å². The summed E-state index contributed by atoms with van der Waals surface area (Å²) in [5.74, 6) is 0.541. The van der Waals surface area contributed by atoms with Gasteiger partial charge in [-0.3, -0.25) is 4.90 Å². The Morgan fingerprint density at radius 2 is 2.12 bits per heavy atom. The molecular weight excluding hydrogens is 284 g/mol. The van der Waals surface area contributed by atoms with E-state index >= 15 is 0 Å². The molecule has 0 bridgehead atoms. The van der Waals surface area contributed by atoms with Crippen LogP contribution in [0.4, 0.5) is 0 Å². The smallest absolute Gasteiger partial charge is 0.0701 e. The zero-order chi connectivity index (χ0) is 11.5. The van der Waals surface area contributed by atoms with E-state index in [-0.39, 0.29) is 0 Å². The Hall–Kier alpha value is 0.1000. The summed E-state index contributed by atoms with van der Waals surface area (Å²) >= 11 is 5.36. The zero-order valence-electron chi connectivity index (χ0n) is 9.66. The maximum Gasteiger partial charge on any atom is 0.0701 e. The van der Waals surface area contributed by atoms with Gasteiger partial charge in [0.05, 0.1) is 3.79 Å². The van der Waals surface area contributed by atoms with Crippen molar-refractivity contribution in [3.05, 3.63) is 20.8 Å². The monoisotopic (exact) mass is 302 g/mol. The first-order valence-corrected chi connectivity index (χ1v) is 7.52. The van der Waals surface area contributed by atoms with Gasteiger partial charge in [0.25, 0.3) is 0 Å². The molecule has 1 aromatic rings. The molecule has 0 spiro atoms. The lowest BCUT2D eigenvalue weighted by atomic mass is 9.99. The van der Waals surface area contributed by atoms with Crippen molar-refractivity contribution in [2.75, 3.05) is 19.6 Å². The lowest BCUT2D eigenvalue weighted by Gasteiger charge is -2.31. The Morgan fingerprint density at radius 1 is 1.44 bits per heavy atom. The number of thiophene rings is 1. The highest BCUT2D eigenvalue weighted by Crippen LogP contribution is 2.32. The Bertz CT molecular complexity index is 334. The number of rotatable bonds is 4. The van der Waals surface area contributed by atoms with Gasteiger partial charge in [-0.1, -0.05) is 6.92 Å². The molecular formula is C12H19BrN2S. The molecule has 2 nitrogen and oxygen atoms in total. The fourth-order valence-corrected chi connectivity index (χ4v) is 4.04. The van der Waals surface area contributed by atoms with E-state index in [2.05, 4.69) is 39.9 Å². The molecule has 1 aliphatic rings. The maximum atomic E-state index is 5.95. The molecule has 0 amide bonds. The molecule has 1 aromatic heterocycles. The molecule has 0 aliphatic carbocycles. The fraction of sp³-hybridized carbons (Fsp3) is 0.667. The molecule has 0 saturated carbocycles. The molecule has 1 saturated heterocycles. The van der Waals surface area contributed by atoms with Crippen LogP contribution in [-0.4, -0.2) is 30.6 Å². The second-order valence-electron chi connectivity index (χ2n) is 4.48.